The van der Waals surface area contributed by atoms with Crippen LogP contribution in [0.1, 0.15) is 10.4 Å². The minimum Gasteiger partial charge on any atom is -0.491 e. The number of rotatable bonds is 8. The van der Waals surface area contributed by atoms with E-state index in [0.29, 0.717) is 49.3 Å². The summed E-state index contributed by atoms with van der Waals surface area (Å²) in [6.45, 7) is 2.24. The molecule has 0 unspecified atom stereocenters. The first-order valence-corrected chi connectivity index (χ1v) is 11.1. The molecule has 0 atom stereocenters. The molecule has 2 aromatic heterocycles. The molecule has 35 heavy (non-hydrogen) atoms. The van der Waals surface area contributed by atoms with Gasteiger partial charge in [-0.15, -0.1) is 0 Å². The van der Waals surface area contributed by atoms with Gasteiger partial charge < -0.3 is 29.9 Å². The molecule has 1 fully saturated rings. The third-order valence-corrected chi connectivity index (χ3v) is 5.58. The lowest BCUT2D eigenvalue weighted by Crippen LogP contribution is -2.37. The fraction of sp³-hybridized carbons (Fsp3) is 0.250. The first-order valence-electron chi connectivity index (χ1n) is 11.1. The Kier molecular flexibility index (Phi) is 6.42. The van der Waals surface area contributed by atoms with Crippen molar-refractivity contribution in [3.05, 3.63) is 54.2 Å². The number of morpholine rings is 1. The van der Waals surface area contributed by atoms with Crippen molar-refractivity contribution >= 4 is 34.3 Å². The lowest BCUT2D eigenvalue weighted by atomic mass is 10.1. The number of ether oxygens (including phenoxy) is 2. The Morgan fingerprint density at radius 3 is 2.83 bits per heavy atom. The molecule has 4 N–H and O–H groups in total. The van der Waals surface area contributed by atoms with E-state index in [-0.39, 0.29) is 30.3 Å². The summed E-state index contributed by atoms with van der Waals surface area (Å²) in [6, 6.07) is 12.5. The van der Waals surface area contributed by atoms with E-state index in [9.17, 15) is 9.90 Å². The predicted molar refractivity (Wildman–Crippen MR) is 129 cm³/mol. The number of carboxylic acids is 1. The van der Waals surface area contributed by atoms with Crippen molar-refractivity contribution < 1.29 is 24.5 Å². The van der Waals surface area contributed by atoms with Crippen LogP contribution in [0.2, 0.25) is 0 Å². The summed E-state index contributed by atoms with van der Waals surface area (Å²) in [6.07, 6.45) is 1.70. The zero-order valence-corrected chi connectivity index (χ0v) is 18.8. The van der Waals surface area contributed by atoms with Gasteiger partial charge in [-0.2, -0.15) is 10.1 Å². The largest absolute Gasteiger partial charge is 0.491 e. The van der Waals surface area contributed by atoms with Gasteiger partial charge in [0.05, 0.1) is 37.2 Å². The van der Waals surface area contributed by atoms with Crippen LogP contribution in [0.4, 0.5) is 17.5 Å². The number of hydrogen-bond acceptors (Lipinski definition) is 9. The zero-order chi connectivity index (χ0) is 24.2. The maximum atomic E-state index is 12.5. The summed E-state index contributed by atoms with van der Waals surface area (Å²) in [7, 11) is 0. The van der Waals surface area contributed by atoms with Crippen molar-refractivity contribution in [1.29, 1.82) is 0 Å². The van der Waals surface area contributed by atoms with Gasteiger partial charge >= 0.3 is 5.97 Å². The molecular weight excluding hydrogens is 452 g/mol. The van der Waals surface area contributed by atoms with Gasteiger partial charge in [-0.05, 0) is 30.3 Å². The number of aliphatic hydroxyl groups excluding tert-OH is 1. The standard InChI is InChI=1S/C24H24N6O5/c31-8-11-35-18-3-1-2-15(13-18)21-20(23(32)33)22(28-24(27-21)30-6-9-34-10-7-30)26-17-4-5-19-16(12-17)14-25-29-19/h1-5,12-14,31H,6-11H2,(H,25,29)(H,32,33)(H,26,27,28). The number of aromatic nitrogens is 4. The smallest absolute Gasteiger partial charge is 0.341 e. The van der Waals surface area contributed by atoms with E-state index in [0.717, 1.165) is 10.9 Å². The first kappa shape index (κ1) is 22.6. The Bertz CT molecular complexity index is 1350. The molecule has 5 rings (SSSR count). The van der Waals surface area contributed by atoms with Crippen LogP contribution in [-0.2, 0) is 4.74 Å². The molecule has 1 saturated heterocycles. The number of fused-ring (bicyclic) bond motifs is 1. The van der Waals surface area contributed by atoms with Crippen molar-refractivity contribution in [3.63, 3.8) is 0 Å². The minimum absolute atomic E-state index is 0.0615. The van der Waals surface area contributed by atoms with Gasteiger partial charge in [0.25, 0.3) is 0 Å². The molecular formula is C24H24N6O5. The minimum atomic E-state index is -1.16. The molecule has 11 nitrogen and oxygen atoms in total. The molecule has 0 aliphatic carbocycles. The predicted octanol–water partition coefficient (Wildman–Crippen LogP) is 2.67. The highest BCUT2D eigenvalue weighted by atomic mass is 16.5. The fourth-order valence-corrected chi connectivity index (χ4v) is 3.91. The van der Waals surface area contributed by atoms with Gasteiger partial charge in [0.1, 0.15) is 17.9 Å². The Hall–Kier alpha value is -4.22. The van der Waals surface area contributed by atoms with Gasteiger partial charge in [-0.25, -0.2) is 9.78 Å². The first-order chi connectivity index (χ1) is 17.1. The van der Waals surface area contributed by atoms with Crippen molar-refractivity contribution in [2.75, 3.05) is 49.7 Å². The zero-order valence-electron chi connectivity index (χ0n) is 18.8. The van der Waals surface area contributed by atoms with E-state index in [1.807, 2.05) is 23.1 Å². The number of H-pyrrole nitrogens is 1. The van der Waals surface area contributed by atoms with Crippen molar-refractivity contribution in [2.24, 2.45) is 0 Å². The number of anilines is 3. The highest BCUT2D eigenvalue weighted by Crippen LogP contribution is 2.33. The second-order valence-corrected chi connectivity index (χ2v) is 7.90. The Morgan fingerprint density at radius 2 is 2.03 bits per heavy atom. The molecule has 4 aromatic rings. The van der Waals surface area contributed by atoms with Crippen LogP contribution in [0.5, 0.6) is 5.75 Å². The van der Waals surface area contributed by atoms with Crippen molar-refractivity contribution in [3.8, 4) is 17.0 Å². The summed E-state index contributed by atoms with van der Waals surface area (Å²) in [4.78, 5) is 23.7. The summed E-state index contributed by atoms with van der Waals surface area (Å²) < 4.78 is 11.0. The number of nitrogens with one attached hydrogen (secondary N) is 2. The van der Waals surface area contributed by atoms with Crippen LogP contribution in [0.25, 0.3) is 22.2 Å². The third-order valence-electron chi connectivity index (χ3n) is 5.58. The Labute approximate surface area is 200 Å². The molecule has 0 bridgehead atoms. The number of nitrogens with zero attached hydrogens (tertiary/aromatic N) is 4. The number of carbonyl (C=O) groups is 1. The van der Waals surface area contributed by atoms with Crippen molar-refractivity contribution in [1.82, 2.24) is 20.2 Å². The van der Waals surface area contributed by atoms with Crippen LogP contribution in [0, 0.1) is 0 Å². The maximum Gasteiger partial charge on any atom is 0.341 e. The third kappa shape index (κ3) is 4.86. The second kappa shape index (κ2) is 9.95. The molecule has 1 aliphatic rings. The summed E-state index contributed by atoms with van der Waals surface area (Å²) >= 11 is 0. The number of benzene rings is 2. The Morgan fingerprint density at radius 1 is 1.17 bits per heavy atom. The lowest BCUT2D eigenvalue weighted by Gasteiger charge is -2.28. The molecule has 0 amide bonds. The summed E-state index contributed by atoms with van der Waals surface area (Å²) in [5, 5.41) is 30.3. The van der Waals surface area contributed by atoms with E-state index in [1.165, 1.54) is 0 Å². The van der Waals surface area contributed by atoms with Crippen LogP contribution in [-0.4, -0.2) is 75.9 Å². The van der Waals surface area contributed by atoms with Crippen molar-refractivity contribution in [2.45, 2.75) is 0 Å². The van der Waals surface area contributed by atoms with Gasteiger partial charge in [0.15, 0.2) is 5.82 Å². The summed E-state index contributed by atoms with van der Waals surface area (Å²) in [5.41, 5.74) is 2.29. The number of aromatic carboxylic acids is 1. The molecule has 180 valence electrons. The number of hydrogen-bond donors (Lipinski definition) is 4. The van der Waals surface area contributed by atoms with Crippen LogP contribution in [0.15, 0.2) is 48.7 Å². The molecule has 2 aromatic carbocycles. The van der Waals surface area contributed by atoms with Gasteiger partial charge in [0.2, 0.25) is 5.95 Å². The molecule has 0 saturated carbocycles. The monoisotopic (exact) mass is 476 g/mol. The molecule has 11 heteroatoms. The van der Waals surface area contributed by atoms with E-state index in [2.05, 4.69) is 25.5 Å². The van der Waals surface area contributed by atoms with E-state index < -0.39 is 5.97 Å². The van der Waals surface area contributed by atoms with Gasteiger partial charge in [0, 0.05) is 29.7 Å². The fourth-order valence-electron chi connectivity index (χ4n) is 3.91. The lowest BCUT2D eigenvalue weighted by molar-refractivity contribution is 0.0698. The van der Waals surface area contributed by atoms with Gasteiger partial charge in [-0.1, -0.05) is 12.1 Å². The van der Waals surface area contributed by atoms with Crippen LogP contribution >= 0.6 is 0 Å². The van der Waals surface area contributed by atoms with Gasteiger partial charge in [-0.3, -0.25) is 5.10 Å². The normalized spacial score (nSPS) is 13.7. The van der Waals surface area contributed by atoms with E-state index in [4.69, 9.17) is 14.6 Å². The number of carboxylic acid groups (broad SMARTS) is 1. The number of aromatic amines is 1. The average Bonchev–Trinajstić information content (AvgIpc) is 3.35. The average molecular weight is 476 g/mol. The topological polar surface area (TPSA) is 146 Å². The summed E-state index contributed by atoms with van der Waals surface area (Å²) in [5.74, 6) is -0.0863. The second-order valence-electron chi connectivity index (χ2n) is 7.90. The molecule has 0 spiro atoms. The van der Waals surface area contributed by atoms with Crippen LogP contribution in [0.3, 0.4) is 0 Å². The molecule has 0 radical (unpaired) electrons. The maximum absolute atomic E-state index is 12.5. The SMILES string of the molecule is O=C(O)c1c(Nc2ccc3[nH]ncc3c2)nc(N2CCOCC2)nc1-c1cccc(OCCO)c1. The molecule has 1 aliphatic heterocycles. The van der Waals surface area contributed by atoms with Crippen LogP contribution < -0.4 is 15.0 Å². The molecule has 3 heterocycles. The van der Waals surface area contributed by atoms with E-state index in [1.54, 1.807) is 30.5 Å². The Balaban J connectivity index is 1.63. The van der Waals surface area contributed by atoms with E-state index >= 15 is 0 Å². The highest BCUT2D eigenvalue weighted by Gasteiger charge is 2.25. The number of aliphatic hydroxyl groups is 1. The highest BCUT2D eigenvalue weighted by molar-refractivity contribution is 6.01. The quantitative estimate of drug-likeness (QED) is 0.299.